The van der Waals surface area contributed by atoms with Crippen LogP contribution in [0, 0.1) is 0 Å². The second-order valence-electron chi connectivity index (χ2n) is 5.65. The van der Waals surface area contributed by atoms with Crippen LogP contribution in [0.15, 0.2) is 39.9 Å². The van der Waals surface area contributed by atoms with Gasteiger partial charge in [0.2, 0.25) is 6.39 Å². The van der Waals surface area contributed by atoms with Crippen molar-refractivity contribution in [1.29, 1.82) is 0 Å². The first-order chi connectivity index (χ1) is 10.9. The molecule has 0 saturated carbocycles. The Labute approximate surface area is 130 Å². The highest BCUT2D eigenvalue weighted by Gasteiger charge is 2.30. The highest BCUT2D eigenvalue weighted by molar-refractivity contribution is 5.24. The molecule has 1 aliphatic heterocycles. The Morgan fingerprint density at radius 2 is 1.83 bits per heavy atom. The van der Waals surface area contributed by atoms with Crippen LogP contribution < -0.4 is 5.76 Å². The van der Waals surface area contributed by atoms with Gasteiger partial charge in [0.25, 0.3) is 0 Å². The molecule has 0 atom stereocenters. The Kier molecular flexibility index (Phi) is 4.25. The first-order valence-electron chi connectivity index (χ1n) is 7.34. The van der Waals surface area contributed by atoms with E-state index < -0.39 is 17.5 Å². The fourth-order valence-electron chi connectivity index (χ4n) is 2.84. The largest absolute Gasteiger partial charge is 0.437 e. The highest BCUT2D eigenvalue weighted by Crippen LogP contribution is 2.29. The standard InChI is InChI=1S/C15H16F3N3O2/c16-15(17,18)12-3-1-11(2-4-12)9-20-7-5-13(6-8-20)21-14(22)23-10-19-21/h1-4,10,13H,5-9H2. The van der Waals surface area contributed by atoms with Crippen LogP contribution in [-0.4, -0.2) is 27.8 Å². The average molecular weight is 327 g/mol. The molecule has 2 aromatic rings. The van der Waals surface area contributed by atoms with E-state index in [-0.39, 0.29) is 6.04 Å². The molecular weight excluding hydrogens is 311 g/mol. The summed E-state index contributed by atoms with van der Waals surface area (Å²) in [5, 5.41) is 3.89. The molecule has 124 valence electrons. The van der Waals surface area contributed by atoms with Gasteiger partial charge in [-0.05, 0) is 30.5 Å². The predicted molar refractivity (Wildman–Crippen MR) is 75.8 cm³/mol. The first-order valence-corrected chi connectivity index (χ1v) is 7.34. The molecule has 1 fully saturated rings. The number of piperidine rings is 1. The van der Waals surface area contributed by atoms with Crippen molar-refractivity contribution in [3.05, 3.63) is 52.3 Å². The van der Waals surface area contributed by atoms with Gasteiger partial charge in [0.1, 0.15) is 0 Å². The maximum Gasteiger partial charge on any atom is 0.437 e. The van der Waals surface area contributed by atoms with E-state index in [4.69, 9.17) is 0 Å². The van der Waals surface area contributed by atoms with Gasteiger partial charge in [-0.2, -0.15) is 17.9 Å². The molecule has 1 aliphatic rings. The van der Waals surface area contributed by atoms with Crippen molar-refractivity contribution in [2.45, 2.75) is 31.6 Å². The molecule has 1 saturated heterocycles. The fourth-order valence-corrected chi connectivity index (χ4v) is 2.84. The number of rotatable bonds is 3. The third-order valence-corrected chi connectivity index (χ3v) is 4.10. The number of nitrogens with zero attached hydrogens (tertiary/aromatic N) is 3. The normalized spacial score (nSPS) is 17.5. The van der Waals surface area contributed by atoms with Gasteiger partial charge < -0.3 is 4.42 Å². The summed E-state index contributed by atoms with van der Waals surface area (Å²) < 4.78 is 43.6. The SMILES string of the molecule is O=c1ocnn1C1CCN(Cc2ccc(C(F)(F)F)cc2)CC1. The van der Waals surface area contributed by atoms with Crippen molar-refractivity contribution in [3.8, 4) is 0 Å². The van der Waals surface area contributed by atoms with Crippen LogP contribution in [-0.2, 0) is 12.7 Å². The summed E-state index contributed by atoms with van der Waals surface area (Å²) in [6.07, 6.45) is -1.65. The van der Waals surface area contributed by atoms with Crippen molar-refractivity contribution < 1.29 is 17.6 Å². The number of likely N-dealkylation sites (tertiary alicyclic amines) is 1. The van der Waals surface area contributed by atoms with E-state index in [1.807, 2.05) is 0 Å². The number of halogens is 3. The minimum atomic E-state index is -4.30. The van der Waals surface area contributed by atoms with Crippen LogP contribution >= 0.6 is 0 Å². The lowest BCUT2D eigenvalue weighted by Crippen LogP contribution is -2.36. The van der Waals surface area contributed by atoms with Crippen molar-refractivity contribution in [1.82, 2.24) is 14.7 Å². The van der Waals surface area contributed by atoms with Gasteiger partial charge in [0, 0.05) is 19.6 Å². The van der Waals surface area contributed by atoms with E-state index in [1.54, 1.807) is 0 Å². The van der Waals surface area contributed by atoms with E-state index in [0.717, 1.165) is 50.0 Å². The van der Waals surface area contributed by atoms with Crippen LogP contribution in [0.3, 0.4) is 0 Å². The van der Waals surface area contributed by atoms with Gasteiger partial charge in [-0.3, -0.25) is 4.90 Å². The zero-order valence-corrected chi connectivity index (χ0v) is 12.3. The lowest BCUT2D eigenvalue weighted by atomic mass is 10.0. The van der Waals surface area contributed by atoms with Crippen LogP contribution in [0.4, 0.5) is 13.2 Å². The summed E-state index contributed by atoms with van der Waals surface area (Å²) in [6, 6.07) is 5.26. The molecule has 3 rings (SSSR count). The van der Waals surface area contributed by atoms with Crippen molar-refractivity contribution in [2.75, 3.05) is 13.1 Å². The van der Waals surface area contributed by atoms with Crippen LogP contribution in [0.25, 0.3) is 0 Å². The smallest absolute Gasteiger partial charge is 0.395 e. The number of alkyl halides is 3. The Balaban J connectivity index is 1.57. The van der Waals surface area contributed by atoms with Gasteiger partial charge >= 0.3 is 11.9 Å². The summed E-state index contributed by atoms with van der Waals surface area (Å²) in [6.45, 7) is 2.11. The van der Waals surface area contributed by atoms with E-state index in [0.29, 0.717) is 6.54 Å². The van der Waals surface area contributed by atoms with Crippen molar-refractivity contribution in [3.63, 3.8) is 0 Å². The Morgan fingerprint density at radius 1 is 1.17 bits per heavy atom. The first kappa shape index (κ1) is 15.8. The van der Waals surface area contributed by atoms with Gasteiger partial charge in [0.15, 0.2) is 0 Å². The Bertz CT molecular complexity index is 698. The van der Waals surface area contributed by atoms with Crippen molar-refractivity contribution in [2.24, 2.45) is 0 Å². The summed E-state index contributed by atoms with van der Waals surface area (Å²) in [7, 11) is 0. The molecule has 0 bridgehead atoms. The molecule has 1 aromatic heterocycles. The molecule has 0 amide bonds. The minimum Gasteiger partial charge on any atom is -0.395 e. The van der Waals surface area contributed by atoms with E-state index in [2.05, 4.69) is 14.4 Å². The zero-order chi connectivity index (χ0) is 16.4. The molecule has 2 heterocycles. The van der Waals surface area contributed by atoms with E-state index in [1.165, 1.54) is 16.8 Å². The molecule has 0 aliphatic carbocycles. The van der Waals surface area contributed by atoms with Crippen LogP contribution in [0.2, 0.25) is 0 Å². The number of benzene rings is 1. The molecule has 0 radical (unpaired) electrons. The van der Waals surface area contributed by atoms with Crippen LogP contribution in [0.5, 0.6) is 0 Å². The Hall–Kier alpha value is -2.09. The monoisotopic (exact) mass is 327 g/mol. The molecule has 0 spiro atoms. The quantitative estimate of drug-likeness (QED) is 0.870. The third-order valence-electron chi connectivity index (χ3n) is 4.10. The number of hydrogen-bond donors (Lipinski definition) is 0. The lowest BCUT2D eigenvalue weighted by molar-refractivity contribution is -0.137. The fraction of sp³-hybridized carbons (Fsp3) is 0.467. The lowest BCUT2D eigenvalue weighted by Gasteiger charge is -2.31. The average Bonchev–Trinajstić information content (AvgIpc) is 2.94. The summed E-state index contributed by atoms with van der Waals surface area (Å²) in [5.41, 5.74) is 0.209. The van der Waals surface area contributed by atoms with Gasteiger partial charge in [-0.1, -0.05) is 12.1 Å². The molecule has 23 heavy (non-hydrogen) atoms. The molecule has 5 nitrogen and oxygen atoms in total. The summed E-state index contributed by atoms with van der Waals surface area (Å²) in [4.78, 5) is 13.6. The van der Waals surface area contributed by atoms with Crippen LogP contribution in [0.1, 0.15) is 30.0 Å². The Morgan fingerprint density at radius 3 is 2.35 bits per heavy atom. The second-order valence-corrected chi connectivity index (χ2v) is 5.65. The predicted octanol–water partition coefficient (Wildman–Crippen LogP) is 2.69. The second kappa shape index (κ2) is 6.19. The molecule has 0 unspecified atom stereocenters. The zero-order valence-electron chi connectivity index (χ0n) is 12.3. The van der Waals surface area contributed by atoms with Gasteiger partial charge in [0.05, 0.1) is 11.6 Å². The topological polar surface area (TPSA) is 51.3 Å². The highest BCUT2D eigenvalue weighted by atomic mass is 19.4. The summed E-state index contributed by atoms with van der Waals surface area (Å²) in [5.74, 6) is -0.453. The summed E-state index contributed by atoms with van der Waals surface area (Å²) >= 11 is 0. The maximum absolute atomic E-state index is 12.5. The maximum atomic E-state index is 12.5. The molecule has 0 N–H and O–H groups in total. The van der Waals surface area contributed by atoms with Gasteiger partial charge in [-0.15, -0.1) is 5.10 Å². The van der Waals surface area contributed by atoms with Crippen molar-refractivity contribution >= 4 is 0 Å². The molecular formula is C15H16F3N3O2. The molecule has 8 heteroatoms. The third kappa shape index (κ3) is 3.64. The van der Waals surface area contributed by atoms with Gasteiger partial charge in [-0.25, -0.2) is 4.79 Å². The number of aromatic nitrogens is 2. The number of hydrogen-bond acceptors (Lipinski definition) is 4. The van der Waals surface area contributed by atoms with E-state index in [9.17, 15) is 18.0 Å². The van der Waals surface area contributed by atoms with E-state index >= 15 is 0 Å². The molecule has 1 aromatic carbocycles. The minimum absolute atomic E-state index is 0.0186.